The molecule has 0 bridgehead atoms. The van der Waals surface area contributed by atoms with Crippen molar-refractivity contribution >= 4 is 0 Å². The summed E-state index contributed by atoms with van der Waals surface area (Å²) in [4.78, 5) is 4.08. The van der Waals surface area contributed by atoms with Gasteiger partial charge in [0.2, 0.25) is 0 Å². The van der Waals surface area contributed by atoms with Gasteiger partial charge in [-0.05, 0) is 25.0 Å². The SMILES string of the molecule is Cc1ccc(C(c2ccc(C)cc2)n2cncn2)cc1. The lowest BCUT2D eigenvalue weighted by atomic mass is 9.97. The van der Waals surface area contributed by atoms with Crippen LogP contribution in [0.1, 0.15) is 28.3 Å². The molecule has 0 saturated carbocycles. The Balaban J connectivity index is 2.09. The van der Waals surface area contributed by atoms with Crippen LogP contribution < -0.4 is 0 Å². The summed E-state index contributed by atoms with van der Waals surface area (Å²) in [7, 11) is 0. The molecule has 0 amide bonds. The lowest BCUT2D eigenvalue weighted by molar-refractivity contribution is 0.593. The van der Waals surface area contributed by atoms with Crippen LogP contribution in [0.3, 0.4) is 0 Å². The monoisotopic (exact) mass is 263 g/mol. The van der Waals surface area contributed by atoms with Crippen LogP contribution in [0.4, 0.5) is 0 Å². The quantitative estimate of drug-likeness (QED) is 0.723. The number of aromatic nitrogens is 3. The Labute approximate surface area is 118 Å². The van der Waals surface area contributed by atoms with Gasteiger partial charge < -0.3 is 0 Å². The van der Waals surface area contributed by atoms with Crippen molar-refractivity contribution in [3.63, 3.8) is 0 Å². The van der Waals surface area contributed by atoms with Crippen LogP contribution in [-0.4, -0.2) is 14.8 Å². The molecule has 1 aromatic heterocycles. The van der Waals surface area contributed by atoms with Gasteiger partial charge in [-0.25, -0.2) is 9.67 Å². The molecule has 0 atom stereocenters. The van der Waals surface area contributed by atoms with Crippen molar-refractivity contribution in [3.8, 4) is 0 Å². The molecule has 3 heteroatoms. The zero-order valence-corrected chi connectivity index (χ0v) is 11.7. The second-order valence-corrected chi connectivity index (χ2v) is 5.10. The lowest BCUT2D eigenvalue weighted by Crippen LogP contribution is -2.12. The summed E-state index contributed by atoms with van der Waals surface area (Å²) in [6.45, 7) is 4.19. The molecule has 0 N–H and O–H groups in total. The van der Waals surface area contributed by atoms with E-state index in [1.165, 1.54) is 22.3 Å². The third-order valence-electron chi connectivity index (χ3n) is 3.49. The predicted molar refractivity (Wildman–Crippen MR) is 79.6 cm³/mol. The maximum atomic E-state index is 4.32. The van der Waals surface area contributed by atoms with Crippen molar-refractivity contribution in [2.24, 2.45) is 0 Å². The highest BCUT2D eigenvalue weighted by atomic mass is 15.3. The van der Waals surface area contributed by atoms with Crippen LogP contribution >= 0.6 is 0 Å². The normalized spacial score (nSPS) is 10.9. The molecule has 3 aromatic rings. The van der Waals surface area contributed by atoms with Gasteiger partial charge in [-0.1, -0.05) is 59.7 Å². The molecule has 0 aliphatic heterocycles. The fraction of sp³-hybridized carbons (Fsp3) is 0.176. The van der Waals surface area contributed by atoms with E-state index in [1.54, 1.807) is 12.7 Å². The smallest absolute Gasteiger partial charge is 0.137 e. The first kappa shape index (κ1) is 12.6. The zero-order valence-electron chi connectivity index (χ0n) is 11.7. The Hall–Kier alpha value is -2.42. The first-order chi connectivity index (χ1) is 9.74. The van der Waals surface area contributed by atoms with Crippen molar-refractivity contribution in [1.29, 1.82) is 0 Å². The molecule has 3 nitrogen and oxygen atoms in total. The molecule has 2 aromatic carbocycles. The first-order valence-electron chi connectivity index (χ1n) is 6.71. The van der Waals surface area contributed by atoms with E-state index < -0.39 is 0 Å². The minimum atomic E-state index is 0.0682. The van der Waals surface area contributed by atoms with E-state index in [0.29, 0.717) is 0 Å². The van der Waals surface area contributed by atoms with Gasteiger partial charge in [0.25, 0.3) is 0 Å². The van der Waals surface area contributed by atoms with Crippen molar-refractivity contribution in [2.75, 3.05) is 0 Å². The molecule has 0 unspecified atom stereocenters. The molecule has 0 spiro atoms. The molecule has 0 fully saturated rings. The minimum Gasteiger partial charge on any atom is -0.241 e. The van der Waals surface area contributed by atoms with E-state index in [4.69, 9.17) is 0 Å². The van der Waals surface area contributed by atoms with Crippen LogP contribution in [0.2, 0.25) is 0 Å². The van der Waals surface area contributed by atoms with Crippen LogP contribution in [0.25, 0.3) is 0 Å². The first-order valence-corrected chi connectivity index (χ1v) is 6.71. The highest BCUT2D eigenvalue weighted by Gasteiger charge is 2.16. The average Bonchev–Trinajstić information content (AvgIpc) is 2.97. The summed E-state index contributed by atoms with van der Waals surface area (Å²) in [5.74, 6) is 0. The predicted octanol–water partition coefficient (Wildman–Crippen LogP) is 3.53. The van der Waals surface area contributed by atoms with Gasteiger partial charge in [-0.2, -0.15) is 5.10 Å². The molecule has 20 heavy (non-hydrogen) atoms. The van der Waals surface area contributed by atoms with E-state index >= 15 is 0 Å². The fourth-order valence-electron chi connectivity index (χ4n) is 2.35. The van der Waals surface area contributed by atoms with Gasteiger partial charge in [0.05, 0.1) is 0 Å². The number of benzene rings is 2. The standard InChI is InChI=1S/C17H17N3/c1-13-3-7-15(8-4-13)17(20-12-18-11-19-20)16-9-5-14(2)6-10-16/h3-12,17H,1-2H3. The molecule has 0 radical (unpaired) electrons. The summed E-state index contributed by atoms with van der Waals surface area (Å²) in [5, 5.41) is 4.32. The van der Waals surface area contributed by atoms with Gasteiger partial charge in [0, 0.05) is 0 Å². The van der Waals surface area contributed by atoms with E-state index in [9.17, 15) is 0 Å². The third kappa shape index (κ3) is 2.48. The molecule has 0 aliphatic rings. The largest absolute Gasteiger partial charge is 0.241 e. The van der Waals surface area contributed by atoms with Crippen molar-refractivity contribution in [2.45, 2.75) is 19.9 Å². The zero-order chi connectivity index (χ0) is 13.9. The molecular formula is C17H17N3. The van der Waals surface area contributed by atoms with Crippen molar-refractivity contribution < 1.29 is 0 Å². The second-order valence-electron chi connectivity index (χ2n) is 5.10. The maximum Gasteiger partial charge on any atom is 0.137 e. The summed E-state index contributed by atoms with van der Waals surface area (Å²) < 4.78 is 1.90. The number of hydrogen-bond acceptors (Lipinski definition) is 2. The van der Waals surface area contributed by atoms with E-state index in [0.717, 1.165) is 0 Å². The van der Waals surface area contributed by atoms with Crippen LogP contribution in [-0.2, 0) is 0 Å². The summed E-state index contributed by atoms with van der Waals surface area (Å²) in [6.07, 6.45) is 3.35. The Morgan fingerprint density at radius 2 is 1.30 bits per heavy atom. The Kier molecular flexibility index (Phi) is 3.33. The molecule has 100 valence electrons. The minimum absolute atomic E-state index is 0.0682. The Morgan fingerprint density at radius 3 is 1.70 bits per heavy atom. The fourth-order valence-corrected chi connectivity index (χ4v) is 2.35. The topological polar surface area (TPSA) is 30.7 Å². The van der Waals surface area contributed by atoms with Gasteiger partial charge in [0.1, 0.15) is 18.7 Å². The van der Waals surface area contributed by atoms with Crippen molar-refractivity contribution in [3.05, 3.63) is 83.4 Å². The van der Waals surface area contributed by atoms with E-state index in [2.05, 4.69) is 72.5 Å². The van der Waals surface area contributed by atoms with Gasteiger partial charge in [0.15, 0.2) is 0 Å². The van der Waals surface area contributed by atoms with Crippen LogP contribution in [0.5, 0.6) is 0 Å². The number of aryl methyl sites for hydroxylation is 2. The second kappa shape index (κ2) is 5.29. The van der Waals surface area contributed by atoms with Gasteiger partial charge in [-0.3, -0.25) is 0 Å². The van der Waals surface area contributed by atoms with Crippen LogP contribution in [0.15, 0.2) is 61.2 Å². The highest BCUT2D eigenvalue weighted by Crippen LogP contribution is 2.26. The molecule has 3 rings (SSSR count). The maximum absolute atomic E-state index is 4.32. The lowest BCUT2D eigenvalue weighted by Gasteiger charge is -2.18. The third-order valence-corrected chi connectivity index (χ3v) is 3.49. The van der Waals surface area contributed by atoms with Crippen molar-refractivity contribution in [1.82, 2.24) is 14.8 Å². The summed E-state index contributed by atoms with van der Waals surface area (Å²) >= 11 is 0. The van der Waals surface area contributed by atoms with E-state index in [-0.39, 0.29) is 6.04 Å². The summed E-state index contributed by atoms with van der Waals surface area (Å²) in [6, 6.07) is 17.2. The number of rotatable bonds is 3. The number of nitrogens with zero attached hydrogens (tertiary/aromatic N) is 3. The number of hydrogen-bond donors (Lipinski definition) is 0. The average molecular weight is 263 g/mol. The molecular weight excluding hydrogens is 246 g/mol. The highest BCUT2D eigenvalue weighted by molar-refractivity contribution is 5.35. The molecule has 1 heterocycles. The Morgan fingerprint density at radius 1 is 0.800 bits per heavy atom. The summed E-state index contributed by atoms with van der Waals surface area (Å²) in [5.41, 5.74) is 4.94. The van der Waals surface area contributed by atoms with Gasteiger partial charge >= 0.3 is 0 Å². The molecule has 0 saturated heterocycles. The van der Waals surface area contributed by atoms with E-state index in [1.807, 2.05) is 4.68 Å². The van der Waals surface area contributed by atoms with Crippen LogP contribution in [0, 0.1) is 13.8 Å². The van der Waals surface area contributed by atoms with Gasteiger partial charge in [-0.15, -0.1) is 0 Å². The Bertz CT molecular complexity index is 622. The molecule has 0 aliphatic carbocycles.